The highest BCUT2D eigenvalue weighted by Gasteiger charge is 2.26. The molecule has 1 aromatic carbocycles. The molecule has 0 fully saturated rings. The highest BCUT2D eigenvalue weighted by Crippen LogP contribution is 2.21. The summed E-state index contributed by atoms with van der Waals surface area (Å²) in [7, 11) is -4.52. The number of halogens is 2. The Morgan fingerprint density at radius 1 is 1.28 bits per heavy atom. The third-order valence-corrected chi connectivity index (χ3v) is 3.54. The maximum Gasteiger partial charge on any atom is 0.335 e. The summed E-state index contributed by atoms with van der Waals surface area (Å²) in [6, 6.07) is 0.764. The van der Waals surface area contributed by atoms with Crippen molar-refractivity contribution < 1.29 is 31.9 Å². The zero-order valence-electron chi connectivity index (χ0n) is 8.68. The van der Waals surface area contributed by atoms with Crippen molar-refractivity contribution in [2.24, 2.45) is 5.73 Å². The van der Waals surface area contributed by atoms with Crippen LogP contribution in [0.4, 0.5) is 8.78 Å². The van der Waals surface area contributed by atoms with Crippen molar-refractivity contribution in [3.8, 4) is 0 Å². The van der Waals surface area contributed by atoms with Crippen molar-refractivity contribution in [1.82, 2.24) is 0 Å². The highest BCUT2D eigenvalue weighted by atomic mass is 32.2. The SMILES string of the molecule is NC(=O)CS(=O)(=O)c1cc(C(=O)O)cc(F)c1F. The number of nitrogens with two attached hydrogens (primary N) is 1. The molecule has 0 heterocycles. The Kier molecular flexibility index (Phi) is 3.65. The molecule has 6 nitrogen and oxygen atoms in total. The second-order valence-corrected chi connectivity index (χ2v) is 5.26. The molecule has 0 radical (unpaired) electrons. The summed E-state index contributed by atoms with van der Waals surface area (Å²) >= 11 is 0. The van der Waals surface area contributed by atoms with Gasteiger partial charge >= 0.3 is 5.97 Å². The molecule has 0 aliphatic heterocycles. The highest BCUT2D eigenvalue weighted by molar-refractivity contribution is 7.92. The Morgan fingerprint density at radius 3 is 2.28 bits per heavy atom. The van der Waals surface area contributed by atoms with Gasteiger partial charge in [-0.05, 0) is 12.1 Å². The van der Waals surface area contributed by atoms with Crippen molar-refractivity contribution >= 4 is 21.7 Å². The van der Waals surface area contributed by atoms with Crippen molar-refractivity contribution in [2.75, 3.05) is 5.75 Å². The van der Waals surface area contributed by atoms with Crippen molar-refractivity contribution in [1.29, 1.82) is 0 Å². The van der Waals surface area contributed by atoms with Gasteiger partial charge in [-0.2, -0.15) is 0 Å². The van der Waals surface area contributed by atoms with Gasteiger partial charge in [-0.25, -0.2) is 22.0 Å². The first kappa shape index (κ1) is 14.0. The molecule has 0 spiro atoms. The first-order chi connectivity index (χ1) is 8.15. The summed E-state index contributed by atoms with van der Waals surface area (Å²) in [5.74, 6) is -7.54. The molecule has 9 heteroatoms. The smallest absolute Gasteiger partial charge is 0.335 e. The van der Waals surface area contributed by atoms with Gasteiger partial charge in [0.2, 0.25) is 5.91 Å². The quantitative estimate of drug-likeness (QED) is 0.800. The average molecular weight is 279 g/mol. The third-order valence-electron chi connectivity index (χ3n) is 1.91. The zero-order chi connectivity index (χ0) is 14.1. The Bertz CT molecular complexity index is 626. The summed E-state index contributed by atoms with van der Waals surface area (Å²) in [6.45, 7) is 0. The van der Waals surface area contributed by atoms with Gasteiger partial charge in [0, 0.05) is 0 Å². The molecule has 3 N–H and O–H groups in total. The molecule has 0 bridgehead atoms. The van der Waals surface area contributed by atoms with Crippen LogP contribution in [-0.2, 0) is 14.6 Å². The van der Waals surface area contributed by atoms with E-state index in [9.17, 15) is 26.8 Å². The van der Waals surface area contributed by atoms with Crippen LogP contribution in [0.15, 0.2) is 17.0 Å². The topological polar surface area (TPSA) is 115 Å². The van der Waals surface area contributed by atoms with Crippen LogP contribution in [0.3, 0.4) is 0 Å². The molecule has 0 aliphatic carbocycles. The minimum Gasteiger partial charge on any atom is -0.478 e. The number of aromatic carboxylic acids is 1. The van der Waals surface area contributed by atoms with Crippen LogP contribution < -0.4 is 5.73 Å². The fourth-order valence-electron chi connectivity index (χ4n) is 1.18. The van der Waals surface area contributed by atoms with Crippen LogP contribution in [0.1, 0.15) is 10.4 Å². The number of carbonyl (C=O) groups is 2. The minimum atomic E-state index is -4.52. The molecule has 0 atom stereocenters. The number of hydrogen-bond acceptors (Lipinski definition) is 4. The van der Waals surface area contributed by atoms with E-state index < -0.39 is 49.6 Å². The van der Waals surface area contributed by atoms with E-state index in [1.165, 1.54) is 0 Å². The number of amides is 1. The Labute approximate surface area is 99.9 Å². The predicted octanol–water partition coefficient (Wildman–Crippen LogP) is -0.0780. The van der Waals surface area contributed by atoms with E-state index in [1.54, 1.807) is 0 Å². The fourth-order valence-corrected chi connectivity index (χ4v) is 2.39. The number of carboxylic acids is 1. The molecule has 18 heavy (non-hydrogen) atoms. The van der Waals surface area contributed by atoms with Gasteiger partial charge in [-0.3, -0.25) is 4.79 Å². The second kappa shape index (κ2) is 4.69. The summed E-state index contributed by atoms with van der Waals surface area (Å²) < 4.78 is 49.3. The van der Waals surface area contributed by atoms with Crippen LogP contribution in [-0.4, -0.2) is 31.2 Å². The molecule has 0 saturated carbocycles. The standard InChI is InChI=1S/C9H7F2NO5S/c10-5-1-4(9(14)15)2-6(8(5)11)18(16,17)3-7(12)13/h1-2H,3H2,(H2,12,13)(H,14,15). The van der Waals surface area contributed by atoms with Gasteiger partial charge in [0.25, 0.3) is 0 Å². The average Bonchev–Trinajstić information content (AvgIpc) is 2.19. The van der Waals surface area contributed by atoms with Gasteiger partial charge in [0.15, 0.2) is 21.5 Å². The number of carboxylic acid groups (broad SMARTS) is 1. The van der Waals surface area contributed by atoms with E-state index in [1.807, 2.05) is 0 Å². The van der Waals surface area contributed by atoms with E-state index in [2.05, 4.69) is 5.73 Å². The molecule has 0 unspecified atom stereocenters. The number of primary amides is 1. The van der Waals surface area contributed by atoms with E-state index in [0.717, 1.165) is 0 Å². The summed E-state index contributed by atoms with van der Waals surface area (Å²) in [6.07, 6.45) is 0. The largest absolute Gasteiger partial charge is 0.478 e. The third kappa shape index (κ3) is 2.80. The number of hydrogen-bond donors (Lipinski definition) is 2. The van der Waals surface area contributed by atoms with Crippen LogP contribution in [0.5, 0.6) is 0 Å². The van der Waals surface area contributed by atoms with Crippen LogP contribution in [0, 0.1) is 11.6 Å². The summed E-state index contributed by atoms with van der Waals surface area (Å²) in [5, 5.41) is 8.60. The number of carbonyl (C=O) groups excluding carboxylic acids is 1. The molecule has 0 saturated heterocycles. The second-order valence-electron chi connectivity index (χ2n) is 3.30. The lowest BCUT2D eigenvalue weighted by atomic mass is 10.2. The van der Waals surface area contributed by atoms with Crippen LogP contribution >= 0.6 is 0 Å². The van der Waals surface area contributed by atoms with Gasteiger partial charge in [0.05, 0.1) is 5.56 Å². The van der Waals surface area contributed by atoms with E-state index in [-0.39, 0.29) is 0 Å². The predicted molar refractivity (Wildman–Crippen MR) is 54.6 cm³/mol. The number of rotatable bonds is 4. The van der Waals surface area contributed by atoms with E-state index in [4.69, 9.17) is 5.11 Å². The monoisotopic (exact) mass is 279 g/mol. The van der Waals surface area contributed by atoms with Gasteiger partial charge in [0.1, 0.15) is 10.6 Å². The Morgan fingerprint density at radius 2 is 1.83 bits per heavy atom. The zero-order valence-corrected chi connectivity index (χ0v) is 9.50. The molecule has 1 aromatic rings. The first-order valence-corrected chi connectivity index (χ1v) is 6.04. The summed E-state index contributed by atoms with van der Waals surface area (Å²) in [4.78, 5) is 19.9. The van der Waals surface area contributed by atoms with Crippen LogP contribution in [0.25, 0.3) is 0 Å². The van der Waals surface area contributed by atoms with Gasteiger partial charge in [-0.1, -0.05) is 0 Å². The van der Waals surface area contributed by atoms with E-state index in [0.29, 0.717) is 12.1 Å². The minimum absolute atomic E-state index is 0.334. The molecule has 0 aromatic heterocycles. The lowest BCUT2D eigenvalue weighted by Crippen LogP contribution is -2.24. The lowest BCUT2D eigenvalue weighted by molar-refractivity contribution is -0.115. The maximum absolute atomic E-state index is 13.3. The Hall–Kier alpha value is -2.03. The summed E-state index contributed by atoms with van der Waals surface area (Å²) in [5.41, 5.74) is 3.90. The Balaban J connectivity index is 3.49. The van der Waals surface area contributed by atoms with E-state index >= 15 is 0 Å². The van der Waals surface area contributed by atoms with Crippen molar-refractivity contribution in [3.63, 3.8) is 0 Å². The first-order valence-electron chi connectivity index (χ1n) is 4.38. The molecular weight excluding hydrogens is 272 g/mol. The molecule has 1 rings (SSSR count). The van der Waals surface area contributed by atoms with Crippen molar-refractivity contribution in [2.45, 2.75) is 4.90 Å². The maximum atomic E-state index is 13.3. The van der Waals surface area contributed by atoms with Gasteiger partial charge in [-0.15, -0.1) is 0 Å². The molecular formula is C9H7F2NO5S. The number of benzene rings is 1. The molecule has 1 amide bonds. The normalized spacial score (nSPS) is 11.2. The fraction of sp³-hybridized carbons (Fsp3) is 0.111. The van der Waals surface area contributed by atoms with Crippen molar-refractivity contribution in [3.05, 3.63) is 29.3 Å². The van der Waals surface area contributed by atoms with Crippen LogP contribution in [0.2, 0.25) is 0 Å². The number of sulfone groups is 1. The molecule has 98 valence electrons. The van der Waals surface area contributed by atoms with Gasteiger partial charge < -0.3 is 10.8 Å². The molecule has 0 aliphatic rings. The lowest BCUT2D eigenvalue weighted by Gasteiger charge is -2.06.